The van der Waals surface area contributed by atoms with Gasteiger partial charge in [0, 0.05) is 30.1 Å². The summed E-state index contributed by atoms with van der Waals surface area (Å²) in [6.45, 7) is 1.89. The Morgan fingerprint density at radius 1 is 1.12 bits per heavy atom. The SMILES string of the molecule is N[C@@H]1CCCC12CCN(c1cnc(Sc3ccc(F)cc3F)cn1)CC2. The summed E-state index contributed by atoms with van der Waals surface area (Å²) in [7, 11) is 0. The molecule has 0 unspecified atom stereocenters. The molecule has 1 atom stereocenters. The predicted octanol–water partition coefficient (Wildman–Crippen LogP) is 4.00. The van der Waals surface area contributed by atoms with Gasteiger partial charge in [0.15, 0.2) is 0 Å². The second-order valence-corrected chi connectivity index (χ2v) is 8.30. The fourth-order valence-electron chi connectivity index (χ4n) is 4.16. The number of benzene rings is 1. The molecule has 26 heavy (non-hydrogen) atoms. The zero-order valence-corrected chi connectivity index (χ0v) is 15.3. The first kappa shape index (κ1) is 17.7. The largest absolute Gasteiger partial charge is 0.355 e. The lowest BCUT2D eigenvalue weighted by Crippen LogP contribution is -2.47. The monoisotopic (exact) mass is 376 g/mol. The molecular weight excluding hydrogens is 354 g/mol. The summed E-state index contributed by atoms with van der Waals surface area (Å²) in [6, 6.07) is 3.87. The van der Waals surface area contributed by atoms with Crippen molar-refractivity contribution in [3.63, 3.8) is 0 Å². The van der Waals surface area contributed by atoms with Gasteiger partial charge in [0.1, 0.15) is 22.5 Å². The van der Waals surface area contributed by atoms with Crippen LogP contribution in [-0.4, -0.2) is 29.1 Å². The van der Waals surface area contributed by atoms with Gasteiger partial charge in [-0.15, -0.1) is 0 Å². The van der Waals surface area contributed by atoms with E-state index in [4.69, 9.17) is 5.73 Å². The lowest BCUT2D eigenvalue weighted by molar-refractivity contribution is 0.197. The van der Waals surface area contributed by atoms with Gasteiger partial charge < -0.3 is 10.6 Å². The number of anilines is 1. The third kappa shape index (κ3) is 3.42. The van der Waals surface area contributed by atoms with E-state index in [2.05, 4.69) is 14.9 Å². The Hall–Kier alpha value is -1.73. The van der Waals surface area contributed by atoms with Crippen LogP contribution in [0.1, 0.15) is 32.1 Å². The summed E-state index contributed by atoms with van der Waals surface area (Å²) >= 11 is 1.14. The highest BCUT2D eigenvalue weighted by Crippen LogP contribution is 2.45. The Kier molecular flexibility index (Phi) is 4.84. The van der Waals surface area contributed by atoms with Gasteiger partial charge >= 0.3 is 0 Å². The van der Waals surface area contributed by atoms with E-state index in [1.807, 2.05) is 0 Å². The minimum Gasteiger partial charge on any atom is -0.355 e. The number of halogens is 2. The van der Waals surface area contributed by atoms with Gasteiger partial charge in [0.2, 0.25) is 0 Å². The molecule has 2 aliphatic rings. The van der Waals surface area contributed by atoms with Crippen LogP contribution in [0.25, 0.3) is 0 Å². The van der Waals surface area contributed by atoms with Crippen LogP contribution in [0, 0.1) is 17.0 Å². The van der Waals surface area contributed by atoms with Crippen molar-refractivity contribution in [1.82, 2.24) is 9.97 Å². The third-order valence-corrected chi connectivity index (χ3v) is 6.75. The number of rotatable bonds is 3. The van der Waals surface area contributed by atoms with Crippen LogP contribution in [0.5, 0.6) is 0 Å². The molecule has 4 rings (SSSR count). The average Bonchev–Trinajstić information content (AvgIpc) is 2.99. The highest BCUT2D eigenvalue weighted by Gasteiger charge is 2.42. The topological polar surface area (TPSA) is 55.0 Å². The maximum atomic E-state index is 13.8. The van der Waals surface area contributed by atoms with Gasteiger partial charge in [0.05, 0.1) is 12.4 Å². The molecule has 4 nitrogen and oxygen atoms in total. The maximum absolute atomic E-state index is 13.8. The normalized spacial score (nSPS) is 22.1. The summed E-state index contributed by atoms with van der Waals surface area (Å²) in [5, 5.41) is 0.588. The van der Waals surface area contributed by atoms with E-state index in [9.17, 15) is 8.78 Å². The Balaban J connectivity index is 1.40. The Morgan fingerprint density at radius 2 is 1.92 bits per heavy atom. The standard InChI is InChI=1S/C19H22F2N4S/c20-13-3-4-15(14(21)10-13)26-18-12-23-17(11-24-18)25-8-6-19(7-9-25)5-1-2-16(19)22/h3-4,10-12,16H,1-2,5-9,22H2/t16-/m1/s1. The van der Waals surface area contributed by atoms with Gasteiger partial charge in [-0.25, -0.2) is 18.7 Å². The molecule has 2 fully saturated rings. The van der Waals surface area contributed by atoms with Crippen molar-refractivity contribution in [3.05, 3.63) is 42.2 Å². The second kappa shape index (κ2) is 7.12. The summed E-state index contributed by atoms with van der Waals surface area (Å²) in [5.41, 5.74) is 6.66. The van der Waals surface area contributed by atoms with Crippen LogP contribution in [0.15, 0.2) is 40.5 Å². The van der Waals surface area contributed by atoms with Crippen molar-refractivity contribution in [2.75, 3.05) is 18.0 Å². The molecule has 1 aromatic carbocycles. The molecule has 2 N–H and O–H groups in total. The summed E-state index contributed by atoms with van der Waals surface area (Å²) in [6.07, 6.45) is 9.22. The van der Waals surface area contributed by atoms with Gasteiger partial charge in [0.25, 0.3) is 0 Å². The molecule has 2 aromatic rings. The molecule has 1 saturated carbocycles. The van der Waals surface area contributed by atoms with Crippen LogP contribution in [-0.2, 0) is 0 Å². The predicted molar refractivity (Wildman–Crippen MR) is 98.2 cm³/mol. The van der Waals surface area contributed by atoms with Crippen LogP contribution >= 0.6 is 11.8 Å². The Labute approximate surface area is 156 Å². The van der Waals surface area contributed by atoms with E-state index < -0.39 is 11.6 Å². The van der Waals surface area contributed by atoms with Gasteiger partial charge in [-0.3, -0.25) is 0 Å². The first-order chi connectivity index (χ1) is 12.6. The van der Waals surface area contributed by atoms with Crippen molar-refractivity contribution in [1.29, 1.82) is 0 Å². The third-order valence-electron chi connectivity index (χ3n) is 5.78. The fraction of sp³-hybridized carbons (Fsp3) is 0.474. The fourth-order valence-corrected chi connectivity index (χ4v) is 4.89. The first-order valence-electron chi connectivity index (χ1n) is 9.01. The van der Waals surface area contributed by atoms with E-state index in [1.165, 1.54) is 25.0 Å². The van der Waals surface area contributed by atoms with Crippen molar-refractivity contribution in [2.24, 2.45) is 11.1 Å². The minimum absolute atomic E-state index is 0.319. The van der Waals surface area contributed by atoms with E-state index in [-0.39, 0.29) is 0 Å². The molecule has 138 valence electrons. The molecule has 1 aliphatic heterocycles. The van der Waals surface area contributed by atoms with Crippen LogP contribution in [0.2, 0.25) is 0 Å². The molecule has 1 saturated heterocycles. The lowest BCUT2D eigenvalue weighted by atomic mass is 9.74. The van der Waals surface area contributed by atoms with Gasteiger partial charge in [-0.05, 0) is 43.2 Å². The van der Waals surface area contributed by atoms with Crippen LogP contribution in [0.4, 0.5) is 14.6 Å². The molecule has 0 amide bonds. The molecule has 0 radical (unpaired) electrons. The maximum Gasteiger partial charge on any atom is 0.147 e. The van der Waals surface area contributed by atoms with Gasteiger partial charge in [-0.2, -0.15) is 0 Å². The van der Waals surface area contributed by atoms with E-state index in [0.29, 0.717) is 21.4 Å². The number of piperidine rings is 1. The molecular formula is C19H22F2N4S. The molecule has 1 spiro atoms. The van der Waals surface area contributed by atoms with E-state index in [0.717, 1.165) is 56.0 Å². The average molecular weight is 376 g/mol. The summed E-state index contributed by atoms with van der Waals surface area (Å²) in [4.78, 5) is 11.5. The van der Waals surface area contributed by atoms with Crippen molar-refractivity contribution in [2.45, 2.75) is 48.1 Å². The summed E-state index contributed by atoms with van der Waals surface area (Å²) < 4.78 is 26.7. The van der Waals surface area contributed by atoms with Gasteiger partial charge in [-0.1, -0.05) is 18.2 Å². The number of nitrogens with two attached hydrogens (primary N) is 1. The molecule has 1 aromatic heterocycles. The number of nitrogens with zero attached hydrogens (tertiary/aromatic N) is 3. The molecule has 2 heterocycles. The molecule has 0 bridgehead atoms. The van der Waals surface area contributed by atoms with Crippen LogP contribution < -0.4 is 10.6 Å². The minimum atomic E-state index is -0.588. The van der Waals surface area contributed by atoms with Crippen LogP contribution in [0.3, 0.4) is 0 Å². The van der Waals surface area contributed by atoms with Crippen molar-refractivity contribution >= 4 is 17.6 Å². The molecule has 7 heteroatoms. The highest BCUT2D eigenvalue weighted by molar-refractivity contribution is 7.99. The first-order valence-corrected chi connectivity index (χ1v) is 9.83. The lowest BCUT2D eigenvalue weighted by Gasteiger charge is -2.42. The van der Waals surface area contributed by atoms with E-state index >= 15 is 0 Å². The Bertz CT molecular complexity index is 776. The second-order valence-electron chi connectivity index (χ2n) is 7.24. The Morgan fingerprint density at radius 3 is 2.54 bits per heavy atom. The highest BCUT2D eigenvalue weighted by atomic mass is 32.2. The quantitative estimate of drug-likeness (QED) is 0.877. The van der Waals surface area contributed by atoms with Crippen molar-refractivity contribution in [3.8, 4) is 0 Å². The van der Waals surface area contributed by atoms with Crippen molar-refractivity contribution < 1.29 is 8.78 Å². The zero-order chi connectivity index (χ0) is 18.1. The van der Waals surface area contributed by atoms with E-state index in [1.54, 1.807) is 12.4 Å². The summed E-state index contributed by atoms with van der Waals surface area (Å²) in [5.74, 6) is -0.330. The smallest absolute Gasteiger partial charge is 0.147 e. The number of hydrogen-bond donors (Lipinski definition) is 1. The zero-order valence-electron chi connectivity index (χ0n) is 14.5. The number of aromatic nitrogens is 2. The molecule has 1 aliphatic carbocycles. The number of hydrogen-bond acceptors (Lipinski definition) is 5.